The molecule has 3 N–H and O–H groups in total. The Hall–Kier alpha value is -3.86. The highest BCUT2D eigenvalue weighted by Crippen LogP contribution is 2.29. The number of carbonyl (C=O) groups is 2. The Bertz CT molecular complexity index is 1270. The van der Waals surface area contributed by atoms with Crippen molar-refractivity contribution in [3.05, 3.63) is 94.5 Å². The standard InChI is InChI=1S/C29H29ClN4O3/c30-27-15-12-24(33-28(35)19-37-26-4-2-1-3-5-26)16-22(27)18-34(25-13-10-23(32)11-14-25)29(36)21-8-6-20(17-31)7-9-21/h1-9,12,15-16,23,25H,10-11,13-14,18-19,32H2,(H,33,35). The summed E-state index contributed by atoms with van der Waals surface area (Å²) in [4.78, 5) is 27.9. The molecule has 1 aliphatic carbocycles. The van der Waals surface area contributed by atoms with E-state index in [1.807, 2.05) is 23.1 Å². The fourth-order valence-electron chi connectivity index (χ4n) is 4.45. The molecule has 7 nitrogen and oxygen atoms in total. The van der Waals surface area contributed by atoms with Gasteiger partial charge in [0, 0.05) is 34.9 Å². The third kappa shape index (κ3) is 7.10. The molecule has 1 aliphatic rings. The largest absolute Gasteiger partial charge is 0.484 e. The molecule has 0 atom stereocenters. The van der Waals surface area contributed by atoms with Gasteiger partial charge in [0.2, 0.25) is 0 Å². The van der Waals surface area contributed by atoms with Gasteiger partial charge in [-0.15, -0.1) is 0 Å². The maximum Gasteiger partial charge on any atom is 0.262 e. The molecule has 0 aliphatic heterocycles. The summed E-state index contributed by atoms with van der Waals surface area (Å²) in [6, 6.07) is 23.2. The maximum absolute atomic E-state index is 13.6. The molecular formula is C29H29ClN4O3. The lowest BCUT2D eigenvalue weighted by molar-refractivity contribution is -0.118. The monoisotopic (exact) mass is 516 g/mol. The van der Waals surface area contributed by atoms with E-state index in [0.29, 0.717) is 27.6 Å². The van der Waals surface area contributed by atoms with Gasteiger partial charge in [-0.25, -0.2) is 0 Å². The summed E-state index contributed by atoms with van der Waals surface area (Å²) in [6.07, 6.45) is 3.28. The third-order valence-corrected chi connectivity index (χ3v) is 6.86. The first-order chi connectivity index (χ1) is 17.9. The van der Waals surface area contributed by atoms with Gasteiger partial charge in [-0.1, -0.05) is 29.8 Å². The quantitative estimate of drug-likeness (QED) is 0.431. The molecule has 0 radical (unpaired) electrons. The Morgan fingerprint density at radius 3 is 2.41 bits per heavy atom. The number of hydrogen-bond acceptors (Lipinski definition) is 5. The van der Waals surface area contributed by atoms with Crippen molar-refractivity contribution < 1.29 is 14.3 Å². The van der Waals surface area contributed by atoms with E-state index < -0.39 is 0 Å². The molecule has 0 spiro atoms. The highest BCUT2D eigenvalue weighted by molar-refractivity contribution is 6.31. The van der Waals surface area contributed by atoms with Crippen LogP contribution in [0.4, 0.5) is 5.69 Å². The van der Waals surface area contributed by atoms with Gasteiger partial charge >= 0.3 is 0 Å². The van der Waals surface area contributed by atoms with Gasteiger partial charge in [0.25, 0.3) is 11.8 Å². The SMILES string of the molecule is N#Cc1ccc(C(=O)N(Cc2cc(NC(=O)COc3ccccc3)ccc2Cl)C2CCC(N)CC2)cc1. The van der Waals surface area contributed by atoms with Crippen LogP contribution in [0.15, 0.2) is 72.8 Å². The average Bonchev–Trinajstić information content (AvgIpc) is 2.93. The van der Waals surface area contributed by atoms with Crippen LogP contribution in [0.5, 0.6) is 5.75 Å². The van der Waals surface area contributed by atoms with Gasteiger partial charge in [-0.3, -0.25) is 9.59 Å². The summed E-state index contributed by atoms with van der Waals surface area (Å²) in [7, 11) is 0. The number of nitrogens with one attached hydrogen (secondary N) is 1. The van der Waals surface area contributed by atoms with Crippen LogP contribution in [0.1, 0.15) is 47.2 Å². The molecule has 1 fully saturated rings. The van der Waals surface area contributed by atoms with Crippen molar-refractivity contribution >= 4 is 29.1 Å². The molecule has 3 aromatic rings. The summed E-state index contributed by atoms with van der Waals surface area (Å²) in [5, 5.41) is 12.4. The molecule has 190 valence electrons. The minimum atomic E-state index is -0.302. The summed E-state index contributed by atoms with van der Waals surface area (Å²) < 4.78 is 5.52. The Kier molecular flexibility index (Phi) is 8.78. The number of nitrogens with two attached hydrogens (primary N) is 1. The number of carbonyl (C=O) groups excluding carboxylic acids is 2. The van der Waals surface area contributed by atoms with Gasteiger partial charge in [0.15, 0.2) is 6.61 Å². The smallest absolute Gasteiger partial charge is 0.262 e. The Balaban J connectivity index is 1.50. The zero-order chi connectivity index (χ0) is 26.2. The van der Waals surface area contributed by atoms with E-state index in [0.717, 1.165) is 31.2 Å². The molecule has 37 heavy (non-hydrogen) atoms. The van der Waals surface area contributed by atoms with Gasteiger partial charge in [-0.2, -0.15) is 5.26 Å². The van der Waals surface area contributed by atoms with Crippen LogP contribution in [0.25, 0.3) is 0 Å². The molecule has 4 rings (SSSR count). The third-order valence-electron chi connectivity index (χ3n) is 6.49. The van der Waals surface area contributed by atoms with Crippen molar-refractivity contribution in [3.63, 3.8) is 0 Å². The minimum Gasteiger partial charge on any atom is -0.484 e. The van der Waals surface area contributed by atoms with E-state index in [-0.39, 0.29) is 37.0 Å². The van der Waals surface area contributed by atoms with E-state index in [1.54, 1.807) is 54.6 Å². The first-order valence-electron chi connectivity index (χ1n) is 12.3. The van der Waals surface area contributed by atoms with Crippen LogP contribution in [0, 0.1) is 11.3 Å². The van der Waals surface area contributed by atoms with Gasteiger partial charge in [-0.05, 0) is 85.8 Å². The zero-order valence-electron chi connectivity index (χ0n) is 20.4. The normalized spacial score (nSPS) is 16.9. The van der Waals surface area contributed by atoms with Crippen LogP contribution in [-0.4, -0.2) is 35.4 Å². The highest BCUT2D eigenvalue weighted by atomic mass is 35.5. The molecule has 0 aromatic heterocycles. The van der Waals surface area contributed by atoms with Crippen LogP contribution >= 0.6 is 11.6 Å². The Morgan fingerprint density at radius 2 is 1.73 bits per heavy atom. The van der Waals surface area contributed by atoms with E-state index in [2.05, 4.69) is 11.4 Å². The molecule has 0 bridgehead atoms. The van der Waals surface area contributed by atoms with Crippen molar-refractivity contribution in [2.24, 2.45) is 5.73 Å². The predicted octanol–water partition coefficient (Wildman–Crippen LogP) is 5.14. The summed E-state index contributed by atoms with van der Waals surface area (Å²) in [6.45, 7) is 0.148. The number of nitrogens with zero attached hydrogens (tertiary/aromatic N) is 2. The first kappa shape index (κ1) is 26.2. The number of benzene rings is 3. The number of hydrogen-bond donors (Lipinski definition) is 2. The molecule has 2 amide bonds. The zero-order valence-corrected chi connectivity index (χ0v) is 21.2. The lowest BCUT2D eigenvalue weighted by atomic mass is 9.90. The van der Waals surface area contributed by atoms with E-state index in [1.165, 1.54) is 0 Å². The number of halogens is 1. The Labute approximate surface area is 221 Å². The fraction of sp³-hybridized carbons (Fsp3) is 0.276. The molecule has 3 aromatic carbocycles. The molecule has 0 unspecified atom stereocenters. The average molecular weight is 517 g/mol. The highest BCUT2D eigenvalue weighted by Gasteiger charge is 2.29. The van der Waals surface area contributed by atoms with E-state index in [9.17, 15) is 9.59 Å². The minimum absolute atomic E-state index is 0.0107. The molecule has 8 heteroatoms. The maximum atomic E-state index is 13.6. The molecular weight excluding hydrogens is 488 g/mol. The van der Waals surface area contributed by atoms with Crippen LogP contribution < -0.4 is 15.8 Å². The van der Waals surface area contributed by atoms with Crippen molar-refractivity contribution in [3.8, 4) is 11.8 Å². The molecule has 0 heterocycles. The van der Waals surface area contributed by atoms with E-state index >= 15 is 0 Å². The molecule has 0 saturated heterocycles. The summed E-state index contributed by atoms with van der Waals surface area (Å²) in [5.74, 6) is 0.175. The van der Waals surface area contributed by atoms with E-state index in [4.69, 9.17) is 27.3 Å². The number of anilines is 1. The molecule has 1 saturated carbocycles. The number of amides is 2. The summed E-state index contributed by atoms with van der Waals surface area (Å²) in [5.41, 5.74) is 8.41. The van der Waals surface area contributed by atoms with Crippen molar-refractivity contribution in [2.75, 3.05) is 11.9 Å². The Morgan fingerprint density at radius 1 is 1.03 bits per heavy atom. The van der Waals surface area contributed by atoms with Gasteiger partial charge in [0.05, 0.1) is 11.6 Å². The topological polar surface area (TPSA) is 108 Å². The van der Waals surface area contributed by atoms with Crippen molar-refractivity contribution in [1.82, 2.24) is 4.90 Å². The first-order valence-corrected chi connectivity index (χ1v) is 12.6. The second-order valence-corrected chi connectivity index (χ2v) is 9.55. The predicted molar refractivity (Wildman–Crippen MR) is 143 cm³/mol. The number of nitriles is 1. The number of ether oxygens (including phenoxy) is 1. The summed E-state index contributed by atoms with van der Waals surface area (Å²) >= 11 is 6.54. The van der Waals surface area contributed by atoms with Crippen LogP contribution in [-0.2, 0) is 11.3 Å². The lowest BCUT2D eigenvalue weighted by Crippen LogP contribution is -2.44. The second-order valence-electron chi connectivity index (χ2n) is 9.15. The number of para-hydroxylation sites is 1. The fourth-order valence-corrected chi connectivity index (χ4v) is 4.63. The van der Waals surface area contributed by atoms with Crippen LogP contribution in [0.3, 0.4) is 0 Å². The lowest BCUT2D eigenvalue weighted by Gasteiger charge is -2.36. The van der Waals surface area contributed by atoms with Gasteiger partial charge in [0.1, 0.15) is 5.75 Å². The van der Waals surface area contributed by atoms with Crippen molar-refractivity contribution in [2.45, 2.75) is 44.3 Å². The number of rotatable bonds is 8. The van der Waals surface area contributed by atoms with Crippen LogP contribution in [0.2, 0.25) is 5.02 Å². The van der Waals surface area contributed by atoms with Gasteiger partial charge < -0.3 is 20.7 Å². The van der Waals surface area contributed by atoms with Crippen molar-refractivity contribution in [1.29, 1.82) is 5.26 Å². The second kappa shape index (κ2) is 12.4.